The third-order valence-corrected chi connectivity index (χ3v) is 7.15. The summed E-state index contributed by atoms with van der Waals surface area (Å²) in [6.45, 7) is 2.29. The third-order valence-electron chi connectivity index (χ3n) is 4.53. The molecule has 3 aromatic carbocycles. The summed E-state index contributed by atoms with van der Waals surface area (Å²) < 4.78 is 0. The first kappa shape index (κ1) is 14.6. The maximum atomic E-state index is 2.35. The van der Waals surface area contributed by atoms with Gasteiger partial charge in [-0.1, -0.05) is 73.7 Å². The molecule has 0 radical (unpaired) electrons. The summed E-state index contributed by atoms with van der Waals surface area (Å²) in [6, 6.07) is 29.1. The molecule has 0 atom stereocenters. The lowest BCUT2D eigenvalue weighted by molar-refractivity contribution is 0.891. The zero-order valence-electron chi connectivity index (χ0n) is 13.4. The Morgan fingerprint density at radius 2 is 1.22 bits per heavy atom. The minimum Gasteiger partial charge on any atom is -0.0622 e. The molecule has 4 rings (SSSR count). The van der Waals surface area contributed by atoms with Gasteiger partial charge < -0.3 is 0 Å². The molecule has 0 aromatic heterocycles. The van der Waals surface area contributed by atoms with E-state index in [0.717, 1.165) is 0 Å². The van der Waals surface area contributed by atoms with Crippen LogP contribution in [-0.2, 0) is 10.9 Å². The summed E-state index contributed by atoms with van der Waals surface area (Å²) in [6.07, 6.45) is 1.22. The van der Waals surface area contributed by atoms with Crippen LogP contribution in [0.4, 0.5) is 0 Å². The van der Waals surface area contributed by atoms with E-state index in [1.54, 1.807) is 9.79 Å². The van der Waals surface area contributed by atoms with E-state index < -0.39 is 0 Å². The van der Waals surface area contributed by atoms with Crippen molar-refractivity contribution in [2.24, 2.45) is 0 Å². The van der Waals surface area contributed by atoms with Crippen LogP contribution in [0.5, 0.6) is 0 Å². The standard InChI is InChI=1S/C22H21S/c1-2-16-23-20-14-8-6-12-18(20)22(17-10-4-3-5-11-17)19-13-7-9-15-21(19)23/h3-15,22H,2,16H2,1H3/q+1. The van der Waals surface area contributed by atoms with Gasteiger partial charge in [-0.15, -0.1) is 0 Å². The van der Waals surface area contributed by atoms with Gasteiger partial charge in [-0.3, -0.25) is 0 Å². The van der Waals surface area contributed by atoms with Crippen molar-refractivity contribution in [3.05, 3.63) is 95.6 Å². The quantitative estimate of drug-likeness (QED) is 0.549. The summed E-state index contributed by atoms with van der Waals surface area (Å²) >= 11 is 0. The molecule has 0 nitrogen and oxygen atoms in total. The largest absolute Gasteiger partial charge is 0.164 e. The van der Waals surface area contributed by atoms with Crippen molar-refractivity contribution < 1.29 is 0 Å². The van der Waals surface area contributed by atoms with Crippen molar-refractivity contribution in [3.63, 3.8) is 0 Å². The minimum absolute atomic E-state index is 0.211. The van der Waals surface area contributed by atoms with Gasteiger partial charge in [-0.25, -0.2) is 0 Å². The van der Waals surface area contributed by atoms with E-state index in [2.05, 4.69) is 85.8 Å². The van der Waals surface area contributed by atoms with Crippen molar-refractivity contribution in [3.8, 4) is 0 Å². The lowest BCUT2D eigenvalue weighted by Crippen LogP contribution is -2.22. The minimum atomic E-state index is 0.211. The highest BCUT2D eigenvalue weighted by atomic mass is 32.2. The molecule has 1 heteroatoms. The Morgan fingerprint density at radius 1 is 0.696 bits per heavy atom. The fraction of sp³-hybridized carbons (Fsp3) is 0.182. The molecule has 1 aliphatic rings. The molecular formula is C22H21S+. The zero-order valence-corrected chi connectivity index (χ0v) is 14.2. The monoisotopic (exact) mass is 317 g/mol. The Labute approximate surface area is 141 Å². The number of hydrogen-bond acceptors (Lipinski definition) is 0. The van der Waals surface area contributed by atoms with Gasteiger partial charge in [-0.2, -0.15) is 0 Å². The number of hydrogen-bond donors (Lipinski definition) is 0. The first-order valence-electron chi connectivity index (χ1n) is 8.34. The molecule has 1 aliphatic heterocycles. The molecule has 0 amide bonds. The normalized spacial score (nSPS) is 19.0. The van der Waals surface area contributed by atoms with Crippen LogP contribution in [-0.4, -0.2) is 5.75 Å². The molecule has 3 aromatic rings. The van der Waals surface area contributed by atoms with Gasteiger partial charge in [0.25, 0.3) is 0 Å². The Morgan fingerprint density at radius 3 is 1.78 bits per heavy atom. The second-order valence-corrected chi connectivity index (χ2v) is 8.08. The fourth-order valence-corrected chi connectivity index (χ4v) is 6.11. The number of rotatable bonds is 3. The van der Waals surface area contributed by atoms with Crippen molar-refractivity contribution in [2.75, 3.05) is 5.75 Å². The highest BCUT2D eigenvalue weighted by molar-refractivity contribution is 7.97. The van der Waals surface area contributed by atoms with Crippen molar-refractivity contribution in [1.82, 2.24) is 0 Å². The predicted molar refractivity (Wildman–Crippen MR) is 99.3 cm³/mol. The molecule has 0 fully saturated rings. The highest BCUT2D eigenvalue weighted by Crippen LogP contribution is 2.45. The van der Waals surface area contributed by atoms with Crippen LogP contribution in [0, 0.1) is 0 Å². The second-order valence-electron chi connectivity index (χ2n) is 6.01. The maximum absolute atomic E-state index is 2.35. The van der Waals surface area contributed by atoms with Gasteiger partial charge in [0.05, 0.1) is 10.9 Å². The maximum Gasteiger partial charge on any atom is 0.164 e. The van der Waals surface area contributed by atoms with Crippen molar-refractivity contribution >= 4 is 10.9 Å². The van der Waals surface area contributed by atoms with Crippen molar-refractivity contribution in [2.45, 2.75) is 29.1 Å². The van der Waals surface area contributed by atoms with Gasteiger partial charge in [0.15, 0.2) is 9.79 Å². The first-order chi connectivity index (χ1) is 11.4. The molecule has 0 saturated carbocycles. The van der Waals surface area contributed by atoms with E-state index >= 15 is 0 Å². The molecule has 0 saturated heterocycles. The summed E-state index contributed by atoms with van der Waals surface area (Å²) in [7, 11) is 0.211. The Balaban J connectivity index is 1.97. The molecule has 0 spiro atoms. The molecule has 23 heavy (non-hydrogen) atoms. The van der Waals surface area contributed by atoms with E-state index in [1.165, 1.54) is 28.9 Å². The molecule has 0 aliphatic carbocycles. The Hall–Kier alpha value is -1.99. The predicted octanol–water partition coefficient (Wildman–Crippen LogP) is 5.63. The molecule has 114 valence electrons. The average molecular weight is 317 g/mol. The van der Waals surface area contributed by atoms with Gasteiger partial charge in [0, 0.05) is 17.0 Å². The smallest absolute Gasteiger partial charge is 0.0622 e. The van der Waals surface area contributed by atoms with E-state index in [4.69, 9.17) is 0 Å². The van der Waals surface area contributed by atoms with E-state index in [-0.39, 0.29) is 10.9 Å². The topological polar surface area (TPSA) is 0 Å². The summed E-state index contributed by atoms with van der Waals surface area (Å²) in [5, 5.41) is 0. The fourth-order valence-electron chi connectivity index (χ4n) is 3.60. The number of fused-ring (bicyclic) bond motifs is 2. The van der Waals surface area contributed by atoms with E-state index in [9.17, 15) is 0 Å². The Bertz CT molecular complexity index is 759. The van der Waals surface area contributed by atoms with Crippen molar-refractivity contribution in [1.29, 1.82) is 0 Å². The lowest BCUT2D eigenvalue weighted by Gasteiger charge is -2.27. The van der Waals surface area contributed by atoms with Crippen LogP contribution >= 0.6 is 0 Å². The van der Waals surface area contributed by atoms with Gasteiger partial charge in [0.1, 0.15) is 5.75 Å². The zero-order chi connectivity index (χ0) is 15.6. The molecule has 0 unspecified atom stereocenters. The van der Waals surface area contributed by atoms with Crippen LogP contribution in [0.25, 0.3) is 0 Å². The third kappa shape index (κ3) is 2.49. The number of benzene rings is 3. The molecular weight excluding hydrogens is 296 g/mol. The second kappa shape index (κ2) is 6.25. The van der Waals surface area contributed by atoms with Crippen LogP contribution in [0.1, 0.15) is 36.0 Å². The van der Waals surface area contributed by atoms with Crippen LogP contribution in [0.15, 0.2) is 88.7 Å². The van der Waals surface area contributed by atoms with Gasteiger partial charge >= 0.3 is 0 Å². The van der Waals surface area contributed by atoms with E-state index in [1.807, 2.05) is 0 Å². The van der Waals surface area contributed by atoms with Gasteiger partial charge in [-0.05, 0) is 24.1 Å². The molecule has 0 bridgehead atoms. The van der Waals surface area contributed by atoms with Gasteiger partial charge in [0.2, 0.25) is 0 Å². The average Bonchev–Trinajstić information content (AvgIpc) is 2.62. The highest BCUT2D eigenvalue weighted by Gasteiger charge is 2.39. The van der Waals surface area contributed by atoms with Crippen LogP contribution in [0.2, 0.25) is 0 Å². The van der Waals surface area contributed by atoms with E-state index in [0.29, 0.717) is 5.92 Å². The molecule has 0 N–H and O–H groups in total. The Kier molecular flexibility index (Phi) is 3.97. The van der Waals surface area contributed by atoms with Crippen LogP contribution < -0.4 is 0 Å². The van der Waals surface area contributed by atoms with Crippen LogP contribution in [0.3, 0.4) is 0 Å². The first-order valence-corrected chi connectivity index (χ1v) is 9.73. The molecule has 1 heterocycles. The summed E-state index contributed by atoms with van der Waals surface area (Å²) in [5.74, 6) is 1.61. The summed E-state index contributed by atoms with van der Waals surface area (Å²) in [5.41, 5.74) is 4.38. The SMILES string of the molecule is CCC[S+]1c2ccccc2C(c2ccccc2)c2ccccc21. The summed E-state index contributed by atoms with van der Waals surface area (Å²) in [4.78, 5) is 3.09. The lowest BCUT2D eigenvalue weighted by atomic mass is 9.85.